The molecule has 0 aliphatic carbocycles. The zero-order chi connectivity index (χ0) is 38.2. The number of anilines is 6. The van der Waals surface area contributed by atoms with Gasteiger partial charge in [-0.2, -0.15) is 0 Å². The van der Waals surface area contributed by atoms with Crippen molar-refractivity contribution in [2.75, 3.05) is 9.80 Å². The highest BCUT2D eigenvalue weighted by atomic mass is 15.1. The van der Waals surface area contributed by atoms with Crippen LogP contribution in [-0.2, 0) is 0 Å². The molecule has 9 rings (SSSR count). The van der Waals surface area contributed by atoms with Crippen LogP contribution < -0.4 is 9.80 Å². The van der Waals surface area contributed by atoms with Gasteiger partial charge in [-0.15, -0.1) is 0 Å². The summed E-state index contributed by atoms with van der Waals surface area (Å²) in [4.78, 5) is 4.76. The molecule has 0 aliphatic heterocycles. The Morgan fingerprint density at radius 3 is 0.804 bits per heavy atom. The minimum atomic E-state index is 1.11. The van der Waals surface area contributed by atoms with Crippen LogP contribution in [0.15, 0.2) is 194 Å². The molecule has 0 N–H and O–H groups in total. The first-order valence-electron chi connectivity index (χ1n) is 19.4. The number of hydrogen-bond acceptors (Lipinski definition) is 2. The minimum Gasteiger partial charge on any atom is -0.310 e. The molecule has 0 bridgehead atoms. The molecule has 0 spiro atoms. The SMILES string of the molecule is Cc1ccc(N(c2ccc(C)cc2)c2ccc3c(-c4ccccc4)c4cc(N(c5ccc(C)cc5)c5ccc(C)cc5)ccc4c(-c4ccccc4)c3c2)cc1. The Bertz CT molecular complexity index is 2500. The molecule has 9 aromatic rings. The predicted octanol–water partition coefficient (Wildman–Crippen LogP) is 15.5. The molecule has 2 heteroatoms. The maximum Gasteiger partial charge on any atom is 0.0468 e. The van der Waals surface area contributed by atoms with Crippen LogP contribution in [-0.4, -0.2) is 0 Å². The first-order valence-corrected chi connectivity index (χ1v) is 19.4. The summed E-state index contributed by atoms with van der Waals surface area (Å²) in [5, 5.41) is 4.86. The van der Waals surface area contributed by atoms with E-state index in [0.717, 1.165) is 34.1 Å². The lowest BCUT2D eigenvalue weighted by atomic mass is 9.85. The van der Waals surface area contributed by atoms with Gasteiger partial charge in [0, 0.05) is 34.1 Å². The topological polar surface area (TPSA) is 6.48 Å². The van der Waals surface area contributed by atoms with Crippen LogP contribution in [0.1, 0.15) is 22.3 Å². The second-order valence-corrected chi connectivity index (χ2v) is 15.0. The predicted molar refractivity (Wildman–Crippen MR) is 241 cm³/mol. The normalized spacial score (nSPS) is 11.2. The van der Waals surface area contributed by atoms with E-state index in [1.807, 2.05) is 0 Å². The van der Waals surface area contributed by atoms with Crippen LogP contribution in [0.5, 0.6) is 0 Å². The molecule has 0 unspecified atom stereocenters. The Hall–Kier alpha value is -6.90. The van der Waals surface area contributed by atoms with E-state index in [0.29, 0.717) is 0 Å². The number of rotatable bonds is 8. The molecule has 0 amide bonds. The molecule has 0 saturated carbocycles. The summed E-state index contributed by atoms with van der Waals surface area (Å²) in [5.74, 6) is 0. The van der Waals surface area contributed by atoms with Crippen molar-refractivity contribution in [3.8, 4) is 22.3 Å². The number of nitrogens with zero attached hydrogens (tertiary/aromatic N) is 2. The summed E-state index contributed by atoms with van der Waals surface area (Å²) in [6, 6.07) is 71.3. The molecule has 9 aromatic carbocycles. The standard InChI is InChI=1S/C54H44N2/c1-37-15-23-43(24-16-37)55(44-25-17-38(2)18-26-44)47-31-33-49-51(35-47)53(41-11-7-5-8-12-41)50-34-32-48(36-52(50)54(49)42-13-9-6-10-14-42)56(45-27-19-39(3)20-28-45)46-29-21-40(4)22-30-46/h5-36H,1-4H3. The lowest BCUT2D eigenvalue weighted by molar-refractivity contribution is 1.27. The lowest BCUT2D eigenvalue weighted by Crippen LogP contribution is -2.10. The third-order valence-corrected chi connectivity index (χ3v) is 10.9. The van der Waals surface area contributed by atoms with E-state index in [-0.39, 0.29) is 0 Å². The highest BCUT2D eigenvalue weighted by molar-refractivity contribution is 6.22. The highest BCUT2D eigenvalue weighted by Gasteiger charge is 2.22. The monoisotopic (exact) mass is 720 g/mol. The van der Waals surface area contributed by atoms with Gasteiger partial charge in [0.15, 0.2) is 0 Å². The molecule has 0 atom stereocenters. The van der Waals surface area contributed by atoms with Gasteiger partial charge in [0.1, 0.15) is 0 Å². The third-order valence-electron chi connectivity index (χ3n) is 10.9. The molecule has 0 fully saturated rings. The fourth-order valence-corrected chi connectivity index (χ4v) is 7.98. The number of fused-ring (bicyclic) bond motifs is 2. The fourth-order valence-electron chi connectivity index (χ4n) is 7.98. The Kier molecular flexibility index (Phi) is 9.17. The zero-order valence-corrected chi connectivity index (χ0v) is 32.4. The van der Waals surface area contributed by atoms with Crippen molar-refractivity contribution in [3.05, 3.63) is 216 Å². The van der Waals surface area contributed by atoms with Crippen LogP contribution in [0.25, 0.3) is 43.8 Å². The molecule has 56 heavy (non-hydrogen) atoms. The van der Waals surface area contributed by atoms with Crippen molar-refractivity contribution >= 4 is 55.7 Å². The molecule has 0 aliphatic rings. The quantitative estimate of drug-likeness (QED) is 0.144. The Morgan fingerprint density at radius 1 is 0.250 bits per heavy atom. The van der Waals surface area contributed by atoms with Crippen LogP contribution >= 0.6 is 0 Å². The molecule has 0 aromatic heterocycles. The number of aryl methyl sites for hydroxylation is 4. The largest absolute Gasteiger partial charge is 0.310 e. The van der Waals surface area contributed by atoms with Gasteiger partial charge < -0.3 is 9.80 Å². The smallest absolute Gasteiger partial charge is 0.0468 e. The van der Waals surface area contributed by atoms with Gasteiger partial charge in [-0.1, -0.05) is 144 Å². The average Bonchev–Trinajstić information content (AvgIpc) is 3.23. The van der Waals surface area contributed by atoms with Crippen molar-refractivity contribution in [3.63, 3.8) is 0 Å². The molecule has 0 heterocycles. The Balaban J connectivity index is 1.36. The molecule has 2 nitrogen and oxygen atoms in total. The summed E-state index contributed by atoms with van der Waals surface area (Å²) >= 11 is 0. The van der Waals surface area contributed by atoms with Gasteiger partial charge in [-0.3, -0.25) is 0 Å². The van der Waals surface area contributed by atoms with Crippen LogP contribution in [0.3, 0.4) is 0 Å². The summed E-state index contributed by atoms with van der Waals surface area (Å²) in [7, 11) is 0. The third kappa shape index (κ3) is 6.61. The van der Waals surface area contributed by atoms with Gasteiger partial charge >= 0.3 is 0 Å². The van der Waals surface area contributed by atoms with E-state index in [4.69, 9.17) is 0 Å². The van der Waals surface area contributed by atoms with Gasteiger partial charge in [0.25, 0.3) is 0 Å². The minimum absolute atomic E-state index is 1.11. The average molecular weight is 721 g/mol. The van der Waals surface area contributed by atoms with Crippen molar-refractivity contribution in [2.45, 2.75) is 27.7 Å². The van der Waals surface area contributed by atoms with Gasteiger partial charge in [0.2, 0.25) is 0 Å². The summed E-state index contributed by atoms with van der Waals surface area (Å²) in [6.45, 7) is 8.57. The van der Waals surface area contributed by atoms with Crippen molar-refractivity contribution in [2.24, 2.45) is 0 Å². The van der Waals surface area contributed by atoms with E-state index in [1.54, 1.807) is 0 Å². The Labute approximate surface area is 330 Å². The maximum atomic E-state index is 2.40. The van der Waals surface area contributed by atoms with Gasteiger partial charge in [0.05, 0.1) is 0 Å². The Morgan fingerprint density at radius 2 is 0.518 bits per heavy atom. The van der Waals surface area contributed by atoms with E-state index >= 15 is 0 Å². The molecule has 0 radical (unpaired) electrons. The van der Waals surface area contributed by atoms with E-state index in [1.165, 1.54) is 66.1 Å². The van der Waals surface area contributed by atoms with Crippen molar-refractivity contribution in [1.29, 1.82) is 0 Å². The summed E-state index contributed by atoms with van der Waals surface area (Å²) in [5.41, 5.74) is 16.5. The number of benzene rings is 9. The van der Waals surface area contributed by atoms with E-state index < -0.39 is 0 Å². The second kappa shape index (κ2) is 14.7. The molecular weight excluding hydrogens is 677 g/mol. The number of hydrogen-bond donors (Lipinski definition) is 0. The van der Waals surface area contributed by atoms with Gasteiger partial charge in [-0.25, -0.2) is 0 Å². The van der Waals surface area contributed by atoms with Crippen LogP contribution in [0.2, 0.25) is 0 Å². The van der Waals surface area contributed by atoms with Crippen molar-refractivity contribution in [1.82, 2.24) is 0 Å². The van der Waals surface area contributed by atoms with E-state index in [9.17, 15) is 0 Å². The summed E-state index contributed by atoms with van der Waals surface area (Å²) in [6.07, 6.45) is 0. The highest BCUT2D eigenvalue weighted by Crippen LogP contribution is 2.48. The second-order valence-electron chi connectivity index (χ2n) is 15.0. The maximum absolute atomic E-state index is 2.40. The summed E-state index contributed by atoms with van der Waals surface area (Å²) < 4.78 is 0. The first-order chi connectivity index (χ1) is 27.4. The molecule has 270 valence electrons. The van der Waals surface area contributed by atoms with Crippen LogP contribution in [0, 0.1) is 27.7 Å². The first kappa shape index (κ1) is 34.8. The van der Waals surface area contributed by atoms with Gasteiger partial charge in [-0.05, 0) is 144 Å². The lowest BCUT2D eigenvalue weighted by Gasteiger charge is -2.28. The molecular formula is C54H44N2. The molecule has 0 saturated heterocycles. The fraction of sp³-hybridized carbons (Fsp3) is 0.0741. The van der Waals surface area contributed by atoms with Crippen molar-refractivity contribution < 1.29 is 0 Å². The zero-order valence-electron chi connectivity index (χ0n) is 32.4. The van der Waals surface area contributed by atoms with Crippen LogP contribution in [0.4, 0.5) is 34.1 Å². The van der Waals surface area contributed by atoms with E-state index in [2.05, 4.69) is 232 Å².